The fraction of sp³-hybridized carbons (Fsp3) is 0.625. The predicted molar refractivity (Wildman–Crippen MR) is 81.4 cm³/mol. The summed E-state index contributed by atoms with van der Waals surface area (Å²) < 4.78 is 11.2. The summed E-state index contributed by atoms with van der Waals surface area (Å²) in [5.74, 6) is 1.67. The van der Waals surface area contributed by atoms with Gasteiger partial charge in [-0.05, 0) is 37.6 Å². The van der Waals surface area contributed by atoms with E-state index in [2.05, 4.69) is 37.9 Å². The molecule has 0 spiro atoms. The van der Waals surface area contributed by atoms with Gasteiger partial charge in [-0.3, -0.25) is 4.90 Å². The van der Waals surface area contributed by atoms with Crippen molar-refractivity contribution in [2.24, 2.45) is 5.73 Å². The maximum absolute atomic E-state index is 6.02. The number of nitrogens with two attached hydrogens (primary N) is 1. The SMILES string of the molecule is CCC(CC)N(C)C(CN)c1ccc2c(c1)OCCO2. The van der Waals surface area contributed by atoms with Crippen molar-refractivity contribution in [1.82, 2.24) is 4.90 Å². The molecule has 1 atom stereocenters. The number of nitrogens with zero attached hydrogens (tertiary/aromatic N) is 1. The van der Waals surface area contributed by atoms with Crippen LogP contribution in [0.3, 0.4) is 0 Å². The van der Waals surface area contributed by atoms with Gasteiger partial charge in [0.2, 0.25) is 0 Å². The Hall–Kier alpha value is -1.26. The van der Waals surface area contributed by atoms with E-state index in [-0.39, 0.29) is 6.04 Å². The molecule has 1 heterocycles. The van der Waals surface area contributed by atoms with E-state index in [0.717, 1.165) is 24.3 Å². The van der Waals surface area contributed by atoms with Crippen molar-refractivity contribution >= 4 is 0 Å². The number of hydrogen-bond acceptors (Lipinski definition) is 4. The maximum Gasteiger partial charge on any atom is 0.161 e. The second-order valence-corrected chi connectivity index (χ2v) is 5.29. The molecule has 0 radical (unpaired) electrons. The number of fused-ring (bicyclic) bond motifs is 1. The van der Waals surface area contributed by atoms with Gasteiger partial charge in [0.25, 0.3) is 0 Å². The highest BCUT2D eigenvalue weighted by Crippen LogP contribution is 2.34. The Kier molecular flexibility index (Phi) is 5.26. The molecule has 2 N–H and O–H groups in total. The second-order valence-electron chi connectivity index (χ2n) is 5.29. The zero-order valence-corrected chi connectivity index (χ0v) is 12.8. The van der Waals surface area contributed by atoms with Crippen LogP contribution in [0.4, 0.5) is 0 Å². The third kappa shape index (κ3) is 3.07. The minimum atomic E-state index is 0.218. The molecule has 1 aliphatic heterocycles. The van der Waals surface area contributed by atoms with Gasteiger partial charge in [-0.1, -0.05) is 19.9 Å². The van der Waals surface area contributed by atoms with E-state index in [1.165, 1.54) is 5.56 Å². The highest BCUT2D eigenvalue weighted by molar-refractivity contribution is 5.44. The van der Waals surface area contributed by atoms with Crippen molar-refractivity contribution in [3.8, 4) is 11.5 Å². The van der Waals surface area contributed by atoms with Crippen LogP contribution in [-0.4, -0.2) is 37.7 Å². The van der Waals surface area contributed by atoms with Crippen LogP contribution in [-0.2, 0) is 0 Å². The quantitative estimate of drug-likeness (QED) is 0.869. The van der Waals surface area contributed by atoms with E-state index in [4.69, 9.17) is 15.2 Å². The van der Waals surface area contributed by atoms with Crippen LogP contribution in [0.2, 0.25) is 0 Å². The summed E-state index contributed by atoms with van der Waals surface area (Å²) in [6, 6.07) is 6.94. The second kappa shape index (κ2) is 6.95. The summed E-state index contributed by atoms with van der Waals surface area (Å²) in [4.78, 5) is 2.38. The molecular formula is C16H26N2O2. The standard InChI is InChI=1S/C16H26N2O2/c1-4-13(5-2)18(3)14(11-17)12-6-7-15-16(10-12)20-9-8-19-15/h6-7,10,13-14H,4-5,8-9,11,17H2,1-3H3. The summed E-state index contributed by atoms with van der Waals surface area (Å²) in [5, 5.41) is 0. The average Bonchev–Trinajstić information content (AvgIpc) is 2.49. The lowest BCUT2D eigenvalue weighted by Crippen LogP contribution is -2.38. The van der Waals surface area contributed by atoms with Gasteiger partial charge >= 0.3 is 0 Å². The van der Waals surface area contributed by atoms with E-state index in [1.807, 2.05) is 6.07 Å². The Morgan fingerprint density at radius 1 is 1.15 bits per heavy atom. The lowest BCUT2D eigenvalue weighted by molar-refractivity contribution is 0.161. The van der Waals surface area contributed by atoms with Crippen molar-refractivity contribution in [3.63, 3.8) is 0 Å². The Labute approximate surface area is 121 Å². The van der Waals surface area contributed by atoms with E-state index in [9.17, 15) is 0 Å². The number of ether oxygens (including phenoxy) is 2. The van der Waals surface area contributed by atoms with Crippen molar-refractivity contribution in [3.05, 3.63) is 23.8 Å². The average molecular weight is 278 g/mol. The summed E-state index contributed by atoms with van der Waals surface area (Å²) in [6.45, 7) is 6.29. The molecule has 0 fully saturated rings. The molecule has 0 aliphatic carbocycles. The number of rotatable bonds is 6. The molecule has 20 heavy (non-hydrogen) atoms. The minimum Gasteiger partial charge on any atom is -0.486 e. The molecule has 1 unspecified atom stereocenters. The van der Waals surface area contributed by atoms with Crippen LogP contribution < -0.4 is 15.2 Å². The molecule has 1 aliphatic rings. The highest BCUT2D eigenvalue weighted by atomic mass is 16.6. The van der Waals surface area contributed by atoms with E-state index in [1.54, 1.807) is 0 Å². The van der Waals surface area contributed by atoms with Crippen LogP contribution in [0, 0.1) is 0 Å². The first-order valence-electron chi connectivity index (χ1n) is 7.52. The van der Waals surface area contributed by atoms with Crippen molar-refractivity contribution < 1.29 is 9.47 Å². The van der Waals surface area contributed by atoms with Crippen LogP contribution in [0.15, 0.2) is 18.2 Å². The number of benzene rings is 1. The molecule has 0 saturated carbocycles. The van der Waals surface area contributed by atoms with E-state index in [0.29, 0.717) is 25.8 Å². The molecule has 4 heteroatoms. The molecule has 0 aromatic heterocycles. The monoisotopic (exact) mass is 278 g/mol. The smallest absolute Gasteiger partial charge is 0.161 e. The highest BCUT2D eigenvalue weighted by Gasteiger charge is 2.23. The molecule has 2 rings (SSSR count). The molecule has 0 bridgehead atoms. The first-order valence-corrected chi connectivity index (χ1v) is 7.52. The topological polar surface area (TPSA) is 47.7 Å². The first kappa shape index (κ1) is 15.1. The Morgan fingerprint density at radius 3 is 2.40 bits per heavy atom. The largest absolute Gasteiger partial charge is 0.486 e. The number of likely N-dealkylation sites (N-methyl/N-ethyl adjacent to an activating group) is 1. The summed E-state index contributed by atoms with van der Waals surface area (Å²) in [5.41, 5.74) is 7.22. The van der Waals surface area contributed by atoms with Crippen molar-refractivity contribution in [2.75, 3.05) is 26.8 Å². The fourth-order valence-electron chi connectivity index (χ4n) is 2.92. The van der Waals surface area contributed by atoms with Gasteiger partial charge in [0, 0.05) is 18.6 Å². The lowest BCUT2D eigenvalue weighted by atomic mass is 10.0. The molecular weight excluding hydrogens is 252 g/mol. The normalized spacial score (nSPS) is 15.7. The summed E-state index contributed by atoms with van der Waals surface area (Å²) in [6.07, 6.45) is 2.27. The summed E-state index contributed by atoms with van der Waals surface area (Å²) in [7, 11) is 2.16. The zero-order valence-electron chi connectivity index (χ0n) is 12.8. The zero-order chi connectivity index (χ0) is 14.5. The van der Waals surface area contributed by atoms with Crippen LogP contribution >= 0.6 is 0 Å². The van der Waals surface area contributed by atoms with Crippen LogP contribution in [0.25, 0.3) is 0 Å². The van der Waals surface area contributed by atoms with Crippen molar-refractivity contribution in [1.29, 1.82) is 0 Å². The van der Waals surface area contributed by atoms with Gasteiger partial charge in [-0.15, -0.1) is 0 Å². The lowest BCUT2D eigenvalue weighted by Gasteiger charge is -2.34. The van der Waals surface area contributed by atoms with Crippen LogP contribution in [0.5, 0.6) is 11.5 Å². The molecule has 112 valence electrons. The summed E-state index contributed by atoms with van der Waals surface area (Å²) >= 11 is 0. The number of hydrogen-bond donors (Lipinski definition) is 1. The molecule has 4 nitrogen and oxygen atoms in total. The minimum absolute atomic E-state index is 0.218. The fourth-order valence-corrected chi connectivity index (χ4v) is 2.92. The van der Waals surface area contributed by atoms with Gasteiger partial charge in [-0.2, -0.15) is 0 Å². The van der Waals surface area contributed by atoms with Gasteiger partial charge in [0.15, 0.2) is 11.5 Å². The third-order valence-electron chi connectivity index (χ3n) is 4.18. The van der Waals surface area contributed by atoms with Gasteiger partial charge < -0.3 is 15.2 Å². The third-order valence-corrected chi connectivity index (χ3v) is 4.18. The first-order chi connectivity index (χ1) is 9.71. The Bertz CT molecular complexity index is 432. The van der Waals surface area contributed by atoms with Crippen LogP contribution in [0.1, 0.15) is 38.3 Å². The Morgan fingerprint density at radius 2 is 1.80 bits per heavy atom. The predicted octanol–water partition coefficient (Wildman–Crippen LogP) is 2.58. The van der Waals surface area contributed by atoms with E-state index < -0.39 is 0 Å². The van der Waals surface area contributed by atoms with Gasteiger partial charge in [0.05, 0.1) is 0 Å². The molecule has 1 aromatic rings. The van der Waals surface area contributed by atoms with E-state index >= 15 is 0 Å². The van der Waals surface area contributed by atoms with Gasteiger partial charge in [-0.25, -0.2) is 0 Å². The molecule has 0 amide bonds. The Balaban J connectivity index is 2.22. The van der Waals surface area contributed by atoms with Gasteiger partial charge in [0.1, 0.15) is 13.2 Å². The van der Waals surface area contributed by atoms with Crippen molar-refractivity contribution in [2.45, 2.75) is 38.8 Å². The molecule has 1 aromatic carbocycles. The molecule has 0 saturated heterocycles. The maximum atomic E-state index is 6.02.